The first-order chi connectivity index (χ1) is 30.1. The molecule has 1 aliphatic rings. The minimum absolute atomic E-state index is 0.0691. The summed E-state index contributed by atoms with van der Waals surface area (Å²) in [6, 6.07) is 1.84. The highest BCUT2D eigenvalue weighted by Crippen LogP contribution is 2.38. The lowest BCUT2D eigenvalue weighted by Gasteiger charge is -2.30. The van der Waals surface area contributed by atoms with Gasteiger partial charge in [0.2, 0.25) is 35.4 Å². The predicted octanol–water partition coefficient (Wildman–Crippen LogP) is 3.86. The molecule has 2 aromatic rings. The molecule has 0 radical (unpaired) electrons. The van der Waals surface area contributed by atoms with E-state index in [0.29, 0.717) is 12.0 Å². The van der Waals surface area contributed by atoms with Crippen LogP contribution >= 0.6 is 0 Å². The van der Waals surface area contributed by atoms with E-state index in [9.17, 15) is 54.0 Å². The SMILES string of the molecule is CCCCCCCCCCCCCCCC(=O)N[C@H](CCO)C(=O)N[C@H](C)C(=O)NCC(=O)N(C)[C@@H]1C(=O)N[C@@H](C)C(=O)N[C@H](C(=O)O)Cc2ccc(O)c(c2)-c2cc1ccc2O. The van der Waals surface area contributed by atoms with Gasteiger partial charge in [0.1, 0.15) is 41.7 Å². The molecule has 4 bridgehead atoms. The number of nitrogens with one attached hydrogen (secondary N) is 5. The zero-order valence-electron chi connectivity index (χ0n) is 37.2. The van der Waals surface area contributed by atoms with Crippen molar-refractivity contribution in [1.82, 2.24) is 31.5 Å². The van der Waals surface area contributed by atoms with E-state index in [4.69, 9.17) is 0 Å². The first-order valence-electron chi connectivity index (χ1n) is 22.3. The summed E-state index contributed by atoms with van der Waals surface area (Å²) in [7, 11) is 1.28. The van der Waals surface area contributed by atoms with Crippen LogP contribution in [0.25, 0.3) is 11.1 Å². The summed E-state index contributed by atoms with van der Waals surface area (Å²) in [6.45, 7) is 3.90. The van der Waals surface area contributed by atoms with Crippen LogP contribution in [0.1, 0.15) is 134 Å². The van der Waals surface area contributed by atoms with Gasteiger partial charge in [-0.25, -0.2) is 4.79 Å². The van der Waals surface area contributed by atoms with Crippen molar-refractivity contribution in [2.24, 2.45) is 0 Å². The lowest BCUT2D eigenvalue weighted by atomic mass is 9.94. The number of carbonyl (C=O) groups is 7. The number of benzene rings is 2. The second kappa shape index (κ2) is 26.7. The van der Waals surface area contributed by atoms with Crippen molar-refractivity contribution < 1.29 is 54.0 Å². The maximum Gasteiger partial charge on any atom is 0.326 e. The molecule has 0 fully saturated rings. The van der Waals surface area contributed by atoms with Gasteiger partial charge in [0, 0.05) is 37.6 Å². The molecule has 5 atom stereocenters. The van der Waals surface area contributed by atoms with Gasteiger partial charge < -0.3 is 51.9 Å². The fraction of sp³-hybridized carbons (Fsp3) is 0.587. The topological polar surface area (TPSA) is 264 Å². The van der Waals surface area contributed by atoms with Gasteiger partial charge in [-0.3, -0.25) is 28.8 Å². The average Bonchev–Trinajstić information content (AvgIpc) is 3.24. The van der Waals surface area contributed by atoms with Crippen LogP contribution in [0.15, 0.2) is 36.4 Å². The lowest BCUT2D eigenvalue weighted by Crippen LogP contribution is -2.54. The largest absolute Gasteiger partial charge is 0.507 e. The third kappa shape index (κ3) is 16.8. The van der Waals surface area contributed by atoms with Crippen LogP contribution in [0, 0.1) is 0 Å². The number of amides is 6. The standard InChI is InChI=1S/C46H68N6O11/c1-5-6-7-8-9-10-11-12-13-14-15-16-17-18-39(56)50-35(23-24-53)44(60)48-29(2)42(58)47-28-40(57)52(4)41-32-20-22-38(55)34(27-32)33-25-31(19-21-37(33)54)26-36(46(62)63)51-43(59)30(3)49-45(41)61/h19-22,25,27,29-30,35-36,41,53-55H,5-18,23-24,26,28H2,1-4H3,(H,47,58)(H,48,60)(H,49,61)(H,50,56)(H,51,59)(H,62,63)/t29-,30+,35-,36+,41+/m1/s1. The van der Waals surface area contributed by atoms with Crippen LogP contribution in [-0.4, -0.2) is 111 Å². The molecule has 1 aliphatic heterocycles. The Hall–Kier alpha value is -5.71. The number of phenols is 2. The molecule has 1 heterocycles. The van der Waals surface area contributed by atoms with E-state index in [1.54, 1.807) is 0 Å². The molecule has 0 aliphatic carbocycles. The summed E-state index contributed by atoms with van der Waals surface area (Å²) in [5.41, 5.74) is 0.736. The molecule has 0 saturated carbocycles. The highest BCUT2D eigenvalue weighted by Gasteiger charge is 2.33. The van der Waals surface area contributed by atoms with E-state index in [1.165, 1.54) is 115 Å². The number of fused-ring (bicyclic) bond motifs is 5. The Kier molecular flexibility index (Phi) is 21.9. The Bertz CT molecular complexity index is 1870. The predicted molar refractivity (Wildman–Crippen MR) is 236 cm³/mol. The summed E-state index contributed by atoms with van der Waals surface area (Å²) in [4.78, 5) is 92.6. The number of carboxylic acid groups (broad SMARTS) is 1. The lowest BCUT2D eigenvalue weighted by molar-refractivity contribution is -0.143. The molecule has 9 N–H and O–H groups in total. The normalized spacial score (nSPS) is 17.3. The number of nitrogens with zero attached hydrogens (tertiary/aromatic N) is 1. The molecule has 17 nitrogen and oxygen atoms in total. The maximum absolute atomic E-state index is 13.9. The molecule has 0 aromatic heterocycles. The van der Waals surface area contributed by atoms with Gasteiger partial charge in [0.05, 0.1) is 6.54 Å². The number of likely N-dealkylation sites (N-methyl/N-ethyl adjacent to an activating group) is 1. The zero-order chi connectivity index (χ0) is 46.5. The van der Waals surface area contributed by atoms with E-state index < -0.39 is 78.9 Å². The molecular formula is C46H68N6O11. The highest BCUT2D eigenvalue weighted by atomic mass is 16.4. The van der Waals surface area contributed by atoms with Crippen LogP contribution in [0.5, 0.6) is 11.5 Å². The van der Waals surface area contributed by atoms with Crippen molar-refractivity contribution in [3.05, 3.63) is 47.5 Å². The summed E-state index contributed by atoms with van der Waals surface area (Å²) >= 11 is 0. The van der Waals surface area contributed by atoms with Gasteiger partial charge in [-0.1, -0.05) is 96.1 Å². The quantitative estimate of drug-likeness (QED) is 0.0684. The molecule has 0 saturated heterocycles. The highest BCUT2D eigenvalue weighted by molar-refractivity contribution is 5.96. The van der Waals surface area contributed by atoms with Gasteiger partial charge in [-0.05, 0) is 62.1 Å². The number of aliphatic hydroxyl groups is 1. The molecule has 0 spiro atoms. The minimum atomic E-state index is -1.47. The number of phenolic OH excluding ortho intramolecular Hbond substituents is 2. The van der Waals surface area contributed by atoms with Crippen LogP contribution < -0.4 is 26.6 Å². The van der Waals surface area contributed by atoms with Crippen LogP contribution in [0.4, 0.5) is 0 Å². The summed E-state index contributed by atoms with van der Waals surface area (Å²) in [5.74, 6) is -6.15. The number of carbonyl (C=O) groups excluding carboxylic acids is 6. The summed E-state index contributed by atoms with van der Waals surface area (Å²) in [6.07, 6.45) is 15.1. The number of unbranched alkanes of at least 4 members (excludes halogenated alkanes) is 12. The second-order valence-corrected chi connectivity index (χ2v) is 16.4. The number of hydrogen-bond acceptors (Lipinski definition) is 10. The van der Waals surface area contributed by atoms with Crippen molar-refractivity contribution >= 4 is 41.4 Å². The first kappa shape index (κ1) is 51.6. The van der Waals surface area contributed by atoms with E-state index in [1.807, 2.05) is 0 Å². The van der Waals surface area contributed by atoms with E-state index >= 15 is 0 Å². The van der Waals surface area contributed by atoms with Crippen LogP contribution in [0.3, 0.4) is 0 Å². The van der Waals surface area contributed by atoms with Gasteiger partial charge in [-0.15, -0.1) is 0 Å². The number of aromatic hydroxyl groups is 2. The monoisotopic (exact) mass is 880 g/mol. The smallest absolute Gasteiger partial charge is 0.326 e. The van der Waals surface area contributed by atoms with Crippen molar-refractivity contribution in [1.29, 1.82) is 0 Å². The summed E-state index contributed by atoms with van der Waals surface area (Å²) < 4.78 is 0. The zero-order valence-corrected chi connectivity index (χ0v) is 37.2. The Labute approximate surface area is 370 Å². The number of aliphatic carboxylic acids is 1. The first-order valence-corrected chi connectivity index (χ1v) is 22.3. The van der Waals surface area contributed by atoms with Gasteiger partial charge >= 0.3 is 5.97 Å². The number of hydrogen-bond donors (Lipinski definition) is 9. The number of rotatable bonds is 24. The van der Waals surface area contributed by atoms with Crippen molar-refractivity contribution in [3.8, 4) is 22.6 Å². The van der Waals surface area contributed by atoms with Gasteiger partial charge in [-0.2, -0.15) is 0 Å². The molecule has 6 amide bonds. The minimum Gasteiger partial charge on any atom is -0.507 e. The third-order valence-electron chi connectivity index (χ3n) is 11.3. The van der Waals surface area contributed by atoms with E-state index in [0.717, 1.165) is 24.2 Å². The Morgan fingerprint density at radius 1 is 0.778 bits per heavy atom. The van der Waals surface area contributed by atoms with Crippen molar-refractivity contribution in [3.63, 3.8) is 0 Å². The maximum atomic E-state index is 13.9. The van der Waals surface area contributed by atoms with Crippen LogP contribution in [-0.2, 0) is 40.0 Å². The molecule has 63 heavy (non-hydrogen) atoms. The van der Waals surface area contributed by atoms with Crippen molar-refractivity contribution in [2.75, 3.05) is 20.2 Å². The van der Waals surface area contributed by atoms with Crippen LogP contribution in [0.2, 0.25) is 0 Å². The number of aliphatic hydroxyl groups excluding tert-OH is 1. The third-order valence-corrected chi connectivity index (χ3v) is 11.3. The molecule has 2 aromatic carbocycles. The van der Waals surface area contributed by atoms with E-state index in [2.05, 4.69) is 33.5 Å². The number of carboxylic acids is 1. The molecular weight excluding hydrogens is 813 g/mol. The molecule has 0 unspecified atom stereocenters. The van der Waals surface area contributed by atoms with E-state index in [-0.39, 0.29) is 53.4 Å². The fourth-order valence-electron chi connectivity index (χ4n) is 7.44. The fourth-order valence-corrected chi connectivity index (χ4v) is 7.44. The van der Waals surface area contributed by atoms with Crippen molar-refractivity contribution in [2.45, 2.75) is 154 Å². The van der Waals surface area contributed by atoms with Gasteiger partial charge in [0.25, 0.3) is 0 Å². The Morgan fingerprint density at radius 2 is 1.35 bits per heavy atom. The summed E-state index contributed by atoms with van der Waals surface area (Å²) in [5, 5.41) is 53.5. The Morgan fingerprint density at radius 3 is 1.94 bits per heavy atom. The van der Waals surface area contributed by atoms with Gasteiger partial charge in [0.15, 0.2) is 0 Å². The molecule has 17 heteroatoms. The Balaban J connectivity index is 1.59. The molecule has 348 valence electrons. The molecule has 3 rings (SSSR count). The average molecular weight is 881 g/mol. The second-order valence-electron chi connectivity index (χ2n) is 16.4.